The molecule has 0 aromatic rings. The van der Waals surface area contributed by atoms with Crippen LogP contribution in [0.2, 0.25) is 0 Å². The van der Waals surface area contributed by atoms with E-state index >= 15 is 0 Å². The van der Waals surface area contributed by atoms with Crippen molar-refractivity contribution in [2.45, 2.75) is 12.5 Å². The van der Waals surface area contributed by atoms with Gasteiger partial charge in [0.05, 0.1) is 6.04 Å². The van der Waals surface area contributed by atoms with E-state index in [0.717, 1.165) is 0 Å². The fourth-order valence-electron chi connectivity index (χ4n) is 0.280. The predicted octanol–water partition coefficient (Wildman–Crippen LogP) is 0.775. The number of nitrogens with two attached hydrogens (primary N) is 1. The van der Waals surface area contributed by atoms with Crippen LogP contribution in [-0.2, 0) is 0 Å². The Morgan fingerprint density at radius 2 is 2.50 bits per heavy atom. The van der Waals surface area contributed by atoms with Crippen molar-refractivity contribution in [1.29, 1.82) is 0 Å². The van der Waals surface area contributed by atoms with Crippen LogP contribution in [0, 0.1) is 0 Å². The summed E-state index contributed by atoms with van der Waals surface area (Å²) in [5.41, 5.74) is 5.26. The quantitative estimate of drug-likeness (QED) is 0.439. The van der Waals surface area contributed by atoms with E-state index in [2.05, 4.69) is 18.8 Å². The molecule has 0 aliphatic rings. The van der Waals surface area contributed by atoms with Crippen molar-refractivity contribution in [3.63, 3.8) is 0 Å². The average Bonchev–Trinajstić information content (AvgIpc) is 1.67. The summed E-state index contributed by atoms with van der Waals surface area (Å²) in [6, 6.07) is -0.414. The molecule has 0 aliphatic heterocycles. The largest absolute Gasteiger partial charge is 0.501 e. The van der Waals surface area contributed by atoms with Crippen LogP contribution in [0.4, 0.5) is 0 Å². The van der Waals surface area contributed by atoms with Gasteiger partial charge in [-0.3, -0.25) is 0 Å². The minimum atomic E-state index is -0.414. The van der Waals surface area contributed by atoms with E-state index in [-0.39, 0.29) is 5.05 Å². The molecule has 0 bridgehead atoms. The van der Waals surface area contributed by atoms with E-state index in [1.807, 2.05) is 0 Å². The van der Waals surface area contributed by atoms with Gasteiger partial charge in [0.15, 0.2) is 5.05 Å². The summed E-state index contributed by atoms with van der Waals surface area (Å²) in [6.45, 7) is 3.43. The summed E-state index contributed by atoms with van der Waals surface area (Å²) >= 11 is 4.37. The molecular formula is C5H9NOS. The fourth-order valence-corrected chi connectivity index (χ4v) is 0.377. The molecule has 2 nitrogen and oxygen atoms in total. The van der Waals surface area contributed by atoms with Gasteiger partial charge in [-0.15, -0.1) is 6.58 Å². The molecule has 0 heterocycles. The Morgan fingerprint density at radius 3 is 2.62 bits per heavy atom. The van der Waals surface area contributed by atoms with Crippen LogP contribution in [0.3, 0.4) is 0 Å². The number of hydrogen-bond donors (Lipinski definition) is 2. The molecule has 0 saturated carbocycles. The first-order valence-corrected chi connectivity index (χ1v) is 2.68. The lowest BCUT2D eigenvalue weighted by atomic mass is 10.2. The summed E-state index contributed by atoms with van der Waals surface area (Å²) in [5, 5.41) is 8.36. The van der Waals surface area contributed by atoms with Crippen LogP contribution in [-0.4, -0.2) is 16.2 Å². The normalized spacial score (nSPS) is 12.6. The number of hydrogen-bond acceptors (Lipinski definition) is 2. The first-order chi connectivity index (χ1) is 3.68. The van der Waals surface area contributed by atoms with Gasteiger partial charge in [0, 0.05) is 0 Å². The van der Waals surface area contributed by atoms with Gasteiger partial charge >= 0.3 is 0 Å². The molecular weight excluding hydrogens is 122 g/mol. The lowest BCUT2D eigenvalue weighted by Gasteiger charge is -2.01. The van der Waals surface area contributed by atoms with Gasteiger partial charge in [0.25, 0.3) is 0 Å². The SMILES string of the molecule is C=CCC(N)C(O)=S. The number of thiocarbonyl (C=S) groups is 1. The first kappa shape index (κ1) is 7.59. The van der Waals surface area contributed by atoms with Crippen molar-refractivity contribution >= 4 is 17.3 Å². The van der Waals surface area contributed by atoms with Gasteiger partial charge in [-0.1, -0.05) is 6.08 Å². The van der Waals surface area contributed by atoms with Gasteiger partial charge in [0.1, 0.15) is 0 Å². The third-order valence-electron chi connectivity index (χ3n) is 0.738. The van der Waals surface area contributed by atoms with Gasteiger partial charge in [0.2, 0.25) is 0 Å². The Bertz CT molecular complexity index is 103. The van der Waals surface area contributed by atoms with Gasteiger partial charge in [-0.05, 0) is 18.6 Å². The molecule has 1 unspecified atom stereocenters. The number of aliphatic hydroxyl groups is 1. The summed E-state index contributed by atoms with van der Waals surface area (Å²) in [7, 11) is 0. The van der Waals surface area contributed by atoms with Crippen molar-refractivity contribution in [2.75, 3.05) is 0 Å². The van der Waals surface area contributed by atoms with Crippen LogP contribution < -0.4 is 5.73 Å². The van der Waals surface area contributed by atoms with Crippen LogP contribution in [0.5, 0.6) is 0 Å². The third-order valence-corrected chi connectivity index (χ3v) is 1.04. The van der Waals surface area contributed by atoms with E-state index in [4.69, 9.17) is 10.8 Å². The maximum Gasteiger partial charge on any atom is 0.174 e. The number of aliphatic hydroxyl groups excluding tert-OH is 1. The van der Waals surface area contributed by atoms with Gasteiger partial charge in [-0.2, -0.15) is 0 Å². The molecule has 0 rings (SSSR count). The van der Waals surface area contributed by atoms with Crippen molar-refractivity contribution in [1.82, 2.24) is 0 Å². The highest BCUT2D eigenvalue weighted by Gasteiger charge is 2.02. The molecule has 3 N–H and O–H groups in total. The molecule has 0 radical (unpaired) electrons. The van der Waals surface area contributed by atoms with E-state index in [9.17, 15) is 0 Å². The highest BCUT2D eigenvalue weighted by Crippen LogP contribution is 1.88. The second-order valence-electron chi connectivity index (χ2n) is 1.47. The van der Waals surface area contributed by atoms with Gasteiger partial charge in [-0.25, -0.2) is 0 Å². The van der Waals surface area contributed by atoms with E-state index < -0.39 is 6.04 Å². The highest BCUT2D eigenvalue weighted by molar-refractivity contribution is 7.80. The molecule has 46 valence electrons. The van der Waals surface area contributed by atoms with Crippen LogP contribution in [0.15, 0.2) is 12.7 Å². The van der Waals surface area contributed by atoms with Crippen molar-refractivity contribution in [3.8, 4) is 0 Å². The van der Waals surface area contributed by atoms with Crippen molar-refractivity contribution in [2.24, 2.45) is 5.73 Å². The fraction of sp³-hybridized carbons (Fsp3) is 0.400. The molecule has 0 aromatic carbocycles. The maximum absolute atomic E-state index is 8.51. The maximum atomic E-state index is 8.51. The topological polar surface area (TPSA) is 46.2 Å². The van der Waals surface area contributed by atoms with Crippen LogP contribution in [0.1, 0.15) is 6.42 Å². The third kappa shape index (κ3) is 2.71. The van der Waals surface area contributed by atoms with Crippen molar-refractivity contribution in [3.05, 3.63) is 12.7 Å². The zero-order valence-electron chi connectivity index (χ0n) is 4.50. The zero-order valence-corrected chi connectivity index (χ0v) is 5.32. The van der Waals surface area contributed by atoms with E-state index in [1.54, 1.807) is 6.08 Å². The monoisotopic (exact) mass is 131 g/mol. The Balaban J connectivity index is 3.46. The molecule has 0 amide bonds. The van der Waals surface area contributed by atoms with Crippen molar-refractivity contribution < 1.29 is 5.11 Å². The molecule has 0 aliphatic carbocycles. The smallest absolute Gasteiger partial charge is 0.174 e. The second-order valence-corrected chi connectivity index (χ2v) is 1.89. The first-order valence-electron chi connectivity index (χ1n) is 2.27. The molecule has 0 aromatic heterocycles. The molecule has 0 saturated heterocycles. The van der Waals surface area contributed by atoms with Crippen LogP contribution >= 0.6 is 12.2 Å². The molecule has 0 spiro atoms. The minimum absolute atomic E-state index is 0.148. The zero-order chi connectivity index (χ0) is 6.57. The summed E-state index contributed by atoms with van der Waals surface area (Å²) in [6.07, 6.45) is 2.16. The Morgan fingerprint density at radius 1 is 2.00 bits per heavy atom. The molecule has 8 heavy (non-hydrogen) atoms. The van der Waals surface area contributed by atoms with E-state index in [0.29, 0.717) is 6.42 Å². The van der Waals surface area contributed by atoms with E-state index in [1.165, 1.54) is 0 Å². The van der Waals surface area contributed by atoms with Crippen LogP contribution in [0.25, 0.3) is 0 Å². The standard InChI is InChI=1S/C5H9NOS/c1-2-3-4(6)5(7)8/h2,4H,1,3,6H2,(H,7,8). The molecule has 0 fully saturated rings. The summed E-state index contributed by atoms with van der Waals surface area (Å²) < 4.78 is 0. The second kappa shape index (κ2) is 3.57. The average molecular weight is 131 g/mol. The number of rotatable bonds is 3. The Kier molecular flexibility index (Phi) is 3.39. The Hall–Kier alpha value is -0.410. The predicted molar refractivity (Wildman–Crippen MR) is 38.0 cm³/mol. The lowest BCUT2D eigenvalue weighted by molar-refractivity contribution is 0.531. The Labute approximate surface area is 54.0 Å². The summed E-state index contributed by atoms with van der Waals surface area (Å²) in [4.78, 5) is 0. The summed E-state index contributed by atoms with van der Waals surface area (Å²) in [5.74, 6) is 0. The molecule has 1 atom stereocenters. The van der Waals surface area contributed by atoms with Gasteiger partial charge < -0.3 is 10.8 Å². The minimum Gasteiger partial charge on any atom is -0.501 e. The highest BCUT2D eigenvalue weighted by atomic mass is 32.1. The lowest BCUT2D eigenvalue weighted by Crippen LogP contribution is -2.27. The molecule has 3 heteroatoms.